The number of rotatable bonds is 6. The third-order valence-electron chi connectivity index (χ3n) is 4.06. The molecule has 0 amide bonds. The van der Waals surface area contributed by atoms with Crippen LogP contribution in [0.4, 0.5) is 0 Å². The fraction of sp³-hybridized carbons (Fsp3) is 0.625. The molecule has 1 aromatic rings. The summed E-state index contributed by atoms with van der Waals surface area (Å²) in [4.78, 5) is 0. The van der Waals surface area contributed by atoms with Crippen molar-refractivity contribution in [1.29, 1.82) is 0 Å². The van der Waals surface area contributed by atoms with Crippen molar-refractivity contribution >= 4 is 0 Å². The number of benzene rings is 1. The Morgan fingerprint density at radius 1 is 1.16 bits per heavy atom. The van der Waals surface area contributed by atoms with E-state index in [1.807, 2.05) is 7.05 Å². The molecule has 1 heterocycles. The van der Waals surface area contributed by atoms with Crippen LogP contribution in [0.5, 0.6) is 0 Å². The lowest BCUT2D eigenvalue weighted by atomic mass is 9.92. The smallest absolute Gasteiger partial charge is 0.0483 e. The summed E-state index contributed by atoms with van der Waals surface area (Å²) in [5.74, 6) is 0. The van der Waals surface area contributed by atoms with Crippen molar-refractivity contribution < 1.29 is 4.74 Å². The Morgan fingerprint density at radius 3 is 2.53 bits per heavy atom. The van der Waals surface area contributed by atoms with E-state index < -0.39 is 0 Å². The van der Waals surface area contributed by atoms with E-state index in [-0.39, 0.29) is 5.54 Å². The standard InChI is InChI=1S/C16H26N2O/c1-16(8-11-19-12-9-16)18-13-15-6-4-3-5-14(15)7-10-17-2/h3-6,17-18H,7-13H2,1-2H3. The van der Waals surface area contributed by atoms with Gasteiger partial charge in [0.15, 0.2) is 0 Å². The second-order valence-electron chi connectivity index (χ2n) is 5.65. The Morgan fingerprint density at radius 2 is 1.84 bits per heavy atom. The Labute approximate surface area is 116 Å². The van der Waals surface area contributed by atoms with Gasteiger partial charge in [-0.05, 0) is 50.9 Å². The summed E-state index contributed by atoms with van der Waals surface area (Å²) in [7, 11) is 2.00. The van der Waals surface area contributed by atoms with Crippen molar-refractivity contribution in [3.8, 4) is 0 Å². The molecule has 19 heavy (non-hydrogen) atoms. The molecule has 1 aliphatic heterocycles. The van der Waals surface area contributed by atoms with Crippen LogP contribution in [-0.4, -0.2) is 32.3 Å². The topological polar surface area (TPSA) is 33.3 Å². The average molecular weight is 262 g/mol. The molecule has 3 heteroatoms. The lowest BCUT2D eigenvalue weighted by Crippen LogP contribution is -2.46. The normalized spacial score (nSPS) is 18.4. The predicted molar refractivity (Wildman–Crippen MR) is 79.4 cm³/mol. The number of likely N-dealkylation sites (N-methyl/N-ethyl adjacent to an activating group) is 1. The first-order valence-corrected chi connectivity index (χ1v) is 7.28. The molecule has 1 fully saturated rings. The second kappa shape index (κ2) is 7.04. The van der Waals surface area contributed by atoms with E-state index in [0.717, 1.165) is 45.6 Å². The van der Waals surface area contributed by atoms with Gasteiger partial charge in [-0.2, -0.15) is 0 Å². The summed E-state index contributed by atoms with van der Waals surface area (Å²) in [5, 5.41) is 6.95. The molecule has 0 radical (unpaired) electrons. The van der Waals surface area contributed by atoms with Crippen molar-refractivity contribution in [1.82, 2.24) is 10.6 Å². The minimum absolute atomic E-state index is 0.231. The zero-order chi connectivity index (χ0) is 13.6. The highest BCUT2D eigenvalue weighted by molar-refractivity contribution is 5.27. The highest BCUT2D eigenvalue weighted by atomic mass is 16.5. The van der Waals surface area contributed by atoms with Crippen molar-refractivity contribution in [2.24, 2.45) is 0 Å². The largest absolute Gasteiger partial charge is 0.381 e. The molecule has 0 bridgehead atoms. The van der Waals surface area contributed by atoms with Gasteiger partial charge in [-0.3, -0.25) is 0 Å². The first-order chi connectivity index (χ1) is 9.23. The van der Waals surface area contributed by atoms with Crippen molar-refractivity contribution in [3.63, 3.8) is 0 Å². The Kier molecular flexibility index (Phi) is 5.37. The van der Waals surface area contributed by atoms with Gasteiger partial charge in [-0.1, -0.05) is 24.3 Å². The summed E-state index contributed by atoms with van der Waals surface area (Å²) in [6, 6.07) is 8.73. The van der Waals surface area contributed by atoms with Crippen LogP contribution in [-0.2, 0) is 17.7 Å². The van der Waals surface area contributed by atoms with E-state index in [9.17, 15) is 0 Å². The van der Waals surface area contributed by atoms with Crippen LogP contribution >= 0.6 is 0 Å². The summed E-state index contributed by atoms with van der Waals surface area (Å²) in [5.41, 5.74) is 3.10. The maximum absolute atomic E-state index is 5.45. The van der Waals surface area contributed by atoms with Gasteiger partial charge < -0.3 is 15.4 Å². The molecule has 2 rings (SSSR count). The maximum atomic E-state index is 5.45. The Balaban J connectivity index is 1.94. The molecule has 0 aliphatic carbocycles. The van der Waals surface area contributed by atoms with Crippen molar-refractivity contribution in [3.05, 3.63) is 35.4 Å². The SMILES string of the molecule is CNCCc1ccccc1CNC1(C)CCOCC1. The lowest BCUT2D eigenvalue weighted by Gasteiger charge is -2.35. The molecule has 0 unspecified atom stereocenters. The minimum Gasteiger partial charge on any atom is -0.381 e. The van der Waals surface area contributed by atoms with Gasteiger partial charge in [-0.25, -0.2) is 0 Å². The van der Waals surface area contributed by atoms with Gasteiger partial charge in [0.25, 0.3) is 0 Å². The van der Waals surface area contributed by atoms with E-state index >= 15 is 0 Å². The first kappa shape index (κ1) is 14.5. The third kappa shape index (κ3) is 4.30. The molecule has 3 nitrogen and oxygen atoms in total. The van der Waals surface area contributed by atoms with E-state index in [0.29, 0.717) is 0 Å². The zero-order valence-electron chi connectivity index (χ0n) is 12.2. The Hall–Kier alpha value is -0.900. The summed E-state index contributed by atoms with van der Waals surface area (Å²) in [6.07, 6.45) is 3.30. The Bertz CT molecular complexity index is 386. The summed E-state index contributed by atoms with van der Waals surface area (Å²) in [6.45, 7) is 6.06. The lowest BCUT2D eigenvalue weighted by molar-refractivity contribution is 0.0446. The number of ether oxygens (including phenoxy) is 1. The third-order valence-corrected chi connectivity index (χ3v) is 4.06. The van der Waals surface area contributed by atoms with Crippen LogP contribution in [0, 0.1) is 0 Å². The minimum atomic E-state index is 0.231. The first-order valence-electron chi connectivity index (χ1n) is 7.28. The molecule has 1 saturated heterocycles. The van der Waals surface area contributed by atoms with E-state index in [2.05, 4.69) is 41.8 Å². The molecule has 0 spiro atoms. The monoisotopic (exact) mass is 262 g/mol. The van der Waals surface area contributed by atoms with Gasteiger partial charge in [0.05, 0.1) is 0 Å². The molecular formula is C16H26N2O. The fourth-order valence-electron chi connectivity index (χ4n) is 2.54. The van der Waals surface area contributed by atoms with Gasteiger partial charge in [0, 0.05) is 25.3 Å². The zero-order valence-corrected chi connectivity index (χ0v) is 12.2. The molecule has 0 aromatic heterocycles. The van der Waals surface area contributed by atoms with Gasteiger partial charge in [0.1, 0.15) is 0 Å². The van der Waals surface area contributed by atoms with Gasteiger partial charge in [0.2, 0.25) is 0 Å². The van der Waals surface area contributed by atoms with Gasteiger partial charge >= 0.3 is 0 Å². The number of hydrogen-bond donors (Lipinski definition) is 2. The van der Waals surface area contributed by atoms with Gasteiger partial charge in [-0.15, -0.1) is 0 Å². The second-order valence-corrected chi connectivity index (χ2v) is 5.65. The van der Waals surface area contributed by atoms with Crippen LogP contribution in [0.3, 0.4) is 0 Å². The highest BCUT2D eigenvalue weighted by Gasteiger charge is 2.26. The van der Waals surface area contributed by atoms with Crippen LogP contribution in [0.25, 0.3) is 0 Å². The highest BCUT2D eigenvalue weighted by Crippen LogP contribution is 2.21. The molecular weight excluding hydrogens is 236 g/mol. The number of hydrogen-bond acceptors (Lipinski definition) is 3. The molecule has 0 atom stereocenters. The predicted octanol–water partition coefficient (Wildman–Crippen LogP) is 2.11. The molecule has 2 N–H and O–H groups in total. The van der Waals surface area contributed by atoms with E-state index in [1.54, 1.807) is 0 Å². The van der Waals surface area contributed by atoms with Crippen LogP contribution < -0.4 is 10.6 Å². The number of nitrogens with one attached hydrogen (secondary N) is 2. The van der Waals surface area contributed by atoms with Crippen molar-refractivity contribution in [2.45, 2.75) is 38.3 Å². The molecule has 1 aliphatic rings. The molecule has 0 saturated carbocycles. The fourth-order valence-corrected chi connectivity index (χ4v) is 2.54. The summed E-state index contributed by atoms with van der Waals surface area (Å²) >= 11 is 0. The van der Waals surface area contributed by atoms with Crippen LogP contribution in [0.15, 0.2) is 24.3 Å². The van der Waals surface area contributed by atoms with E-state index in [4.69, 9.17) is 4.74 Å². The molecule has 1 aromatic carbocycles. The summed E-state index contributed by atoms with van der Waals surface area (Å²) < 4.78 is 5.45. The average Bonchev–Trinajstić information content (AvgIpc) is 2.45. The van der Waals surface area contributed by atoms with Crippen molar-refractivity contribution in [2.75, 3.05) is 26.8 Å². The quantitative estimate of drug-likeness (QED) is 0.824. The molecule has 106 valence electrons. The van der Waals surface area contributed by atoms with Crippen LogP contribution in [0.1, 0.15) is 30.9 Å². The maximum Gasteiger partial charge on any atom is 0.0483 e. The van der Waals surface area contributed by atoms with E-state index in [1.165, 1.54) is 11.1 Å². The van der Waals surface area contributed by atoms with Crippen LogP contribution in [0.2, 0.25) is 0 Å².